The van der Waals surface area contributed by atoms with Crippen LogP contribution in [-0.4, -0.2) is 9.55 Å². The molecule has 0 unspecified atom stereocenters. The van der Waals surface area contributed by atoms with Crippen molar-refractivity contribution >= 4 is 43.7 Å². The largest absolute Gasteiger partial charge is 0.456 e. The monoisotopic (exact) mass is 576 g/mol. The van der Waals surface area contributed by atoms with Gasteiger partial charge < -0.3 is 8.98 Å². The lowest BCUT2D eigenvalue weighted by atomic mass is 10.0. The standard InChI is InChI=1S/C42H28N2O/c1-27-7-6-8-29(23-27)32-21-22-43-38(26-32)28-13-17-33(18-14-28)44-39-11-4-2-9-34(39)36-24-30(15-19-40(36)44)31-16-20-42-37(25-31)35-10-3-5-12-41(35)45-42/h2-26H,1H3. The molecule has 0 aliphatic rings. The zero-order valence-corrected chi connectivity index (χ0v) is 24.7. The van der Waals surface area contributed by atoms with Gasteiger partial charge in [0.25, 0.3) is 0 Å². The summed E-state index contributed by atoms with van der Waals surface area (Å²) < 4.78 is 8.45. The van der Waals surface area contributed by atoms with E-state index < -0.39 is 0 Å². The number of nitrogens with zero attached hydrogens (tertiary/aromatic N) is 2. The van der Waals surface area contributed by atoms with Gasteiger partial charge in [0.1, 0.15) is 11.2 Å². The van der Waals surface area contributed by atoms with Crippen LogP contribution in [0.1, 0.15) is 5.56 Å². The van der Waals surface area contributed by atoms with E-state index in [-0.39, 0.29) is 0 Å². The Morgan fingerprint density at radius 2 is 1.13 bits per heavy atom. The van der Waals surface area contributed by atoms with Gasteiger partial charge in [-0.15, -0.1) is 0 Å². The Labute approximate surface area is 260 Å². The van der Waals surface area contributed by atoms with E-state index >= 15 is 0 Å². The smallest absolute Gasteiger partial charge is 0.135 e. The molecule has 0 amide bonds. The molecule has 3 nitrogen and oxygen atoms in total. The molecule has 0 saturated heterocycles. The summed E-state index contributed by atoms with van der Waals surface area (Å²) in [5, 5.41) is 4.76. The predicted octanol–water partition coefficient (Wildman–Crippen LogP) is 11.4. The van der Waals surface area contributed by atoms with Crippen molar-refractivity contribution < 1.29 is 4.42 Å². The molecule has 3 aromatic heterocycles. The van der Waals surface area contributed by atoms with E-state index in [9.17, 15) is 0 Å². The molecule has 3 heterocycles. The molecule has 212 valence electrons. The zero-order valence-electron chi connectivity index (χ0n) is 24.7. The van der Waals surface area contributed by atoms with E-state index in [0.29, 0.717) is 0 Å². The first-order valence-electron chi connectivity index (χ1n) is 15.3. The highest BCUT2D eigenvalue weighted by Gasteiger charge is 2.15. The number of para-hydroxylation sites is 2. The molecule has 0 saturated carbocycles. The van der Waals surface area contributed by atoms with Crippen molar-refractivity contribution in [2.45, 2.75) is 6.92 Å². The second-order valence-electron chi connectivity index (χ2n) is 11.7. The second-order valence-corrected chi connectivity index (χ2v) is 11.7. The number of furan rings is 1. The summed E-state index contributed by atoms with van der Waals surface area (Å²) in [6.07, 6.45) is 1.90. The Morgan fingerprint density at radius 3 is 2.00 bits per heavy atom. The number of hydrogen-bond donors (Lipinski definition) is 0. The molecule has 0 bridgehead atoms. The van der Waals surface area contributed by atoms with Gasteiger partial charge in [0.05, 0.1) is 16.7 Å². The van der Waals surface area contributed by atoms with Crippen molar-refractivity contribution in [1.29, 1.82) is 0 Å². The maximum Gasteiger partial charge on any atom is 0.135 e. The van der Waals surface area contributed by atoms with Crippen molar-refractivity contribution in [2.75, 3.05) is 0 Å². The fourth-order valence-corrected chi connectivity index (χ4v) is 6.71. The lowest BCUT2D eigenvalue weighted by Gasteiger charge is -2.10. The molecule has 0 atom stereocenters. The van der Waals surface area contributed by atoms with Gasteiger partial charge in [-0.3, -0.25) is 4.98 Å². The third-order valence-corrected chi connectivity index (χ3v) is 8.92. The molecule has 9 rings (SSSR count). The molecular weight excluding hydrogens is 548 g/mol. The van der Waals surface area contributed by atoms with Crippen molar-refractivity contribution in [3.63, 3.8) is 0 Å². The molecule has 45 heavy (non-hydrogen) atoms. The summed E-state index contributed by atoms with van der Waals surface area (Å²) in [4.78, 5) is 4.71. The summed E-state index contributed by atoms with van der Waals surface area (Å²) in [6.45, 7) is 2.13. The van der Waals surface area contributed by atoms with E-state index in [2.05, 4.69) is 145 Å². The maximum absolute atomic E-state index is 6.08. The lowest BCUT2D eigenvalue weighted by molar-refractivity contribution is 0.669. The van der Waals surface area contributed by atoms with Crippen molar-refractivity contribution in [3.05, 3.63) is 157 Å². The van der Waals surface area contributed by atoms with E-state index in [0.717, 1.165) is 38.9 Å². The SMILES string of the molecule is Cc1cccc(-c2ccnc(-c3ccc(-n4c5ccccc5c5cc(-c6ccc7oc8ccccc8c7c6)ccc54)cc3)c2)c1. The minimum atomic E-state index is 0.915. The van der Waals surface area contributed by atoms with E-state index in [1.807, 2.05) is 18.3 Å². The summed E-state index contributed by atoms with van der Waals surface area (Å²) in [5.74, 6) is 0. The zero-order chi connectivity index (χ0) is 29.9. The minimum Gasteiger partial charge on any atom is -0.456 e. The Morgan fingerprint density at radius 1 is 0.467 bits per heavy atom. The first-order valence-corrected chi connectivity index (χ1v) is 15.3. The van der Waals surface area contributed by atoms with Crippen LogP contribution in [0.3, 0.4) is 0 Å². The van der Waals surface area contributed by atoms with Gasteiger partial charge in [0.2, 0.25) is 0 Å². The second kappa shape index (κ2) is 10.1. The molecule has 0 fully saturated rings. The van der Waals surface area contributed by atoms with E-state index in [1.165, 1.54) is 49.6 Å². The highest BCUT2D eigenvalue weighted by molar-refractivity contribution is 6.11. The number of rotatable bonds is 4. The van der Waals surface area contributed by atoms with Gasteiger partial charge in [-0.25, -0.2) is 0 Å². The number of fused-ring (bicyclic) bond motifs is 6. The summed E-state index contributed by atoms with van der Waals surface area (Å²) in [5.41, 5.74) is 13.4. The van der Waals surface area contributed by atoms with Crippen LogP contribution >= 0.6 is 0 Å². The maximum atomic E-state index is 6.08. The Balaban J connectivity index is 1.13. The first kappa shape index (κ1) is 25.6. The summed E-state index contributed by atoms with van der Waals surface area (Å²) >= 11 is 0. The molecular formula is C42H28N2O. The molecule has 0 radical (unpaired) electrons. The van der Waals surface area contributed by atoms with Crippen LogP contribution in [0.4, 0.5) is 0 Å². The van der Waals surface area contributed by atoms with Crippen LogP contribution in [0.2, 0.25) is 0 Å². The molecule has 0 aliphatic carbocycles. The van der Waals surface area contributed by atoms with Crippen LogP contribution in [0.15, 0.2) is 156 Å². The van der Waals surface area contributed by atoms with Gasteiger partial charge in [0.15, 0.2) is 0 Å². The van der Waals surface area contributed by atoms with Crippen LogP contribution in [0.5, 0.6) is 0 Å². The number of aryl methyl sites for hydroxylation is 1. The normalized spacial score (nSPS) is 11.7. The van der Waals surface area contributed by atoms with Crippen molar-refractivity contribution in [3.8, 4) is 39.2 Å². The molecule has 0 N–H and O–H groups in total. The number of pyridine rings is 1. The van der Waals surface area contributed by atoms with Crippen molar-refractivity contribution in [2.24, 2.45) is 0 Å². The van der Waals surface area contributed by atoms with Gasteiger partial charge in [0, 0.05) is 39.0 Å². The quantitative estimate of drug-likeness (QED) is 0.209. The molecule has 3 heteroatoms. The number of benzene rings is 6. The first-order chi connectivity index (χ1) is 22.2. The minimum absolute atomic E-state index is 0.915. The third-order valence-electron chi connectivity index (χ3n) is 8.92. The van der Waals surface area contributed by atoms with Crippen molar-refractivity contribution in [1.82, 2.24) is 9.55 Å². The predicted molar refractivity (Wildman–Crippen MR) is 187 cm³/mol. The van der Waals surface area contributed by atoms with Gasteiger partial charge in [-0.05, 0) is 89.8 Å². The Bertz CT molecular complexity index is 2550. The summed E-state index contributed by atoms with van der Waals surface area (Å²) in [6, 6.07) is 51.8. The fraction of sp³-hybridized carbons (Fsp3) is 0.0238. The third kappa shape index (κ3) is 4.24. The van der Waals surface area contributed by atoms with Crippen LogP contribution in [0.25, 0.3) is 82.9 Å². The Kier molecular flexibility index (Phi) is 5.72. The van der Waals surface area contributed by atoms with Gasteiger partial charge >= 0.3 is 0 Å². The molecule has 0 aliphatic heterocycles. The van der Waals surface area contributed by atoms with E-state index in [4.69, 9.17) is 9.40 Å². The summed E-state index contributed by atoms with van der Waals surface area (Å²) in [7, 11) is 0. The molecule has 6 aromatic carbocycles. The highest BCUT2D eigenvalue weighted by atomic mass is 16.3. The van der Waals surface area contributed by atoms with Gasteiger partial charge in [-0.1, -0.05) is 90.5 Å². The average molecular weight is 577 g/mol. The van der Waals surface area contributed by atoms with Crippen LogP contribution in [-0.2, 0) is 0 Å². The topological polar surface area (TPSA) is 31.0 Å². The molecule has 9 aromatic rings. The van der Waals surface area contributed by atoms with Gasteiger partial charge in [-0.2, -0.15) is 0 Å². The highest BCUT2D eigenvalue weighted by Crippen LogP contribution is 2.37. The van der Waals surface area contributed by atoms with Crippen LogP contribution < -0.4 is 0 Å². The average Bonchev–Trinajstić information content (AvgIpc) is 3.63. The number of hydrogen-bond acceptors (Lipinski definition) is 2. The Hall–Kier alpha value is -5.93. The van der Waals surface area contributed by atoms with Crippen LogP contribution in [0, 0.1) is 6.92 Å². The lowest BCUT2D eigenvalue weighted by Crippen LogP contribution is -1.94. The van der Waals surface area contributed by atoms with E-state index in [1.54, 1.807) is 0 Å². The number of aromatic nitrogens is 2. The molecule has 0 spiro atoms. The fourth-order valence-electron chi connectivity index (χ4n) is 6.71.